The standard InChI is InChI=1S/C10H12ClN3S/c1-12-5-4-7-9(11)14-10(13-7)8-3-2-6-15-8/h2-3,6,12H,4-5H2,1H3,(H,13,14). The molecule has 15 heavy (non-hydrogen) atoms. The van der Waals surface area contributed by atoms with Crippen LogP contribution in [0.2, 0.25) is 5.15 Å². The van der Waals surface area contributed by atoms with Gasteiger partial charge in [0, 0.05) is 13.0 Å². The van der Waals surface area contributed by atoms with Crippen LogP contribution in [0.5, 0.6) is 0 Å². The van der Waals surface area contributed by atoms with Gasteiger partial charge in [-0.25, -0.2) is 4.98 Å². The summed E-state index contributed by atoms with van der Waals surface area (Å²) < 4.78 is 0. The van der Waals surface area contributed by atoms with Crippen LogP contribution in [0.25, 0.3) is 10.7 Å². The highest BCUT2D eigenvalue weighted by molar-refractivity contribution is 7.13. The molecule has 5 heteroatoms. The Balaban J connectivity index is 2.21. The maximum Gasteiger partial charge on any atom is 0.150 e. The van der Waals surface area contributed by atoms with Gasteiger partial charge in [-0.2, -0.15) is 0 Å². The van der Waals surface area contributed by atoms with Crippen LogP contribution < -0.4 is 5.32 Å². The summed E-state index contributed by atoms with van der Waals surface area (Å²) in [5.74, 6) is 0.862. The van der Waals surface area contributed by atoms with Gasteiger partial charge >= 0.3 is 0 Å². The number of aromatic amines is 1. The van der Waals surface area contributed by atoms with E-state index >= 15 is 0 Å². The fourth-order valence-electron chi connectivity index (χ4n) is 1.33. The number of thiophene rings is 1. The molecule has 2 N–H and O–H groups in total. The topological polar surface area (TPSA) is 40.7 Å². The first-order chi connectivity index (χ1) is 7.31. The number of aromatic nitrogens is 2. The van der Waals surface area contributed by atoms with Crippen LogP contribution in [0.15, 0.2) is 17.5 Å². The second-order valence-electron chi connectivity index (χ2n) is 3.19. The van der Waals surface area contributed by atoms with Crippen LogP contribution in [-0.2, 0) is 6.42 Å². The predicted molar refractivity (Wildman–Crippen MR) is 64.5 cm³/mol. The van der Waals surface area contributed by atoms with E-state index in [0.717, 1.165) is 29.4 Å². The Kier molecular flexibility index (Phi) is 3.41. The maximum atomic E-state index is 6.03. The molecule has 0 bridgehead atoms. The van der Waals surface area contributed by atoms with Crippen LogP contribution in [0, 0.1) is 0 Å². The van der Waals surface area contributed by atoms with E-state index in [2.05, 4.69) is 15.3 Å². The van der Waals surface area contributed by atoms with E-state index in [-0.39, 0.29) is 0 Å². The molecule has 2 aromatic rings. The summed E-state index contributed by atoms with van der Waals surface area (Å²) in [5.41, 5.74) is 0.995. The quantitative estimate of drug-likeness (QED) is 0.864. The smallest absolute Gasteiger partial charge is 0.150 e. The van der Waals surface area contributed by atoms with Crippen molar-refractivity contribution >= 4 is 22.9 Å². The molecule has 0 aliphatic rings. The summed E-state index contributed by atoms with van der Waals surface area (Å²) in [6.45, 7) is 0.895. The Labute approximate surface area is 97.5 Å². The van der Waals surface area contributed by atoms with Crippen LogP contribution in [-0.4, -0.2) is 23.6 Å². The summed E-state index contributed by atoms with van der Waals surface area (Å²) in [5, 5.41) is 5.69. The minimum atomic E-state index is 0.577. The molecule has 0 spiro atoms. The van der Waals surface area contributed by atoms with Gasteiger partial charge in [-0.1, -0.05) is 17.7 Å². The van der Waals surface area contributed by atoms with E-state index in [1.54, 1.807) is 11.3 Å². The number of likely N-dealkylation sites (N-methyl/N-ethyl adjacent to an activating group) is 1. The fraction of sp³-hybridized carbons (Fsp3) is 0.300. The van der Waals surface area contributed by atoms with Gasteiger partial charge in [0.2, 0.25) is 0 Å². The van der Waals surface area contributed by atoms with E-state index in [4.69, 9.17) is 11.6 Å². The molecule has 0 fully saturated rings. The number of nitrogens with zero attached hydrogens (tertiary/aromatic N) is 1. The second kappa shape index (κ2) is 4.79. The fourth-order valence-corrected chi connectivity index (χ4v) is 2.23. The molecular weight excluding hydrogens is 230 g/mol. The Morgan fingerprint density at radius 1 is 1.60 bits per heavy atom. The number of imidazole rings is 1. The highest BCUT2D eigenvalue weighted by atomic mass is 35.5. The monoisotopic (exact) mass is 241 g/mol. The zero-order chi connectivity index (χ0) is 10.7. The maximum absolute atomic E-state index is 6.03. The molecule has 0 aliphatic heterocycles. The van der Waals surface area contributed by atoms with Crippen molar-refractivity contribution < 1.29 is 0 Å². The number of H-pyrrole nitrogens is 1. The molecule has 2 heterocycles. The predicted octanol–water partition coefficient (Wildman–Crippen LogP) is 2.55. The molecule has 2 aromatic heterocycles. The molecular formula is C10H12ClN3S. The normalized spacial score (nSPS) is 10.8. The van der Waals surface area contributed by atoms with Gasteiger partial charge in [0.15, 0.2) is 5.15 Å². The van der Waals surface area contributed by atoms with Gasteiger partial charge in [0.25, 0.3) is 0 Å². The highest BCUT2D eigenvalue weighted by Crippen LogP contribution is 2.25. The summed E-state index contributed by atoms with van der Waals surface area (Å²) >= 11 is 7.69. The van der Waals surface area contributed by atoms with Crippen LogP contribution >= 0.6 is 22.9 Å². The molecule has 0 radical (unpaired) electrons. The first kappa shape index (κ1) is 10.7. The average Bonchev–Trinajstić information content (AvgIpc) is 2.83. The molecule has 0 saturated heterocycles. The Bertz CT molecular complexity index is 422. The molecule has 0 amide bonds. The molecule has 0 unspecified atom stereocenters. The molecule has 2 rings (SSSR count). The minimum absolute atomic E-state index is 0.577. The number of hydrogen-bond acceptors (Lipinski definition) is 3. The van der Waals surface area contributed by atoms with E-state index in [0.29, 0.717) is 5.15 Å². The third kappa shape index (κ3) is 2.40. The largest absolute Gasteiger partial charge is 0.340 e. The van der Waals surface area contributed by atoms with Gasteiger partial charge < -0.3 is 10.3 Å². The molecule has 80 valence electrons. The van der Waals surface area contributed by atoms with Gasteiger partial charge in [-0.3, -0.25) is 0 Å². The second-order valence-corrected chi connectivity index (χ2v) is 4.49. The van der Waals surface area contributed by atoms with Gasteiger partial charge in [-0.15, -0.1) is 11.3 Å². The lowest BCUT2D eigenvalue weighted by atomic mass is 10.3. The average molecular weight is 242 g/mol. The summed E-state index contributed by atoms with van der Waals surface area (Å²) in [6, 6.07) is 4.03. The van der Waals surface area contributed by atoms with E-state index in [1.807, 2.05) is 24.6 Å². The first-order valence-corrected chi connectivity index (χ1v) is 6.00. The molecule has 0 atom stereocenters. The highest BCUT2D eigenvalue weighted by Gasteiger charge is 2.09. The van der Waals surface area contributed by atoms with Crippen molar-refractivity contribution in [2.75, 3.05) is 13.6 Å². The molecule has 0 saturated carbocycles. The van der Waals surface area contributed by atoms with Crippen molar-refractivity contribution in [3.05, 3.63) is 28.4 Å². The SMILES string of the molecule is CNCCc1[nH]c(-c2cccs2)nc1Cl. The summed E-state index contributed by atoms with van der Waals surface area (Å²) in [7, 11) is 1.92. The summed E-state index contributed by atoms with van der Waals surface area (Å²) in [4.78, 5) is 8.66. The Morgan fingerprint density at radius 2 is 2.47 bits per heavy atom. The van der Waals surface area contributed by atoms with Crippen molar-refractivity contribution in [3.8, 4) is 10.7 Å². The van der Waals surface area contributed by atoms with Gasteiger partial charge in [-0.05, 0) is 18.5 Å². The third-order valence-corrected chi connectivity index (χ3v) is 3.30. The van der Waals surface area contributed by atoms with Crippen molar-refractivity contribution in [1.82, 2.24) is 15.3 Å². The van der Waals surface area contributed by atoms with Gasteiger partial charge in [0.1, 0.15) is 5.82 Å². The minimum Gasteiger partial charge on any atom is -0.340 e. The van der Waals surface area contributed by atoms with Crippen LogP contribution in [0.4, 0.5) is 0 Å². The van der Waals surface area contributed by atoms with Crippen molar-refractivity contribution in [2.24, 2.45) is 0 Å². The third-order valence-electron chi connectivity index (χ3n) is 2.11. The molecule has 3 nitrogen and oxygen atoms in total. The van der Waals surface area contributed by atoms with Crippen molar-refractivity contribution in [2.45, 2.75) is 6.42 Å². The van der Waals surface area contributed by atoms with Crippen molar-refractivity contribution in [3.63, 3.8) is 0 Å². The first-order valence-electron chi connectivity index (χ1n) is 4.74. The lowest BCUT2D eigenvalue weighted by Crippen LogP contribution is -2.10. The van der Waals surface area contributed by atoms with E-state index < -0.39 is 0 Å². The number of halogens is 1. The van der Waals surface area contributed by atoms with Crippen molar-refractivity contribution in [1.29, 1.82) is 0 Å². The number of hydrogen-bond donors (Lipinski definition) is 2. The zero-order valence-corrected chi connectivity index (χ0v) is 9.95. The molecule has 0 aromatic carbocycles. The Hall–Kier alpha value is -0.840. The van der Waals surface area contributed by atoms with Gasteiger partial charge in [0.05, 0.1) is 10.6 Å². The number of rotatable bonds is 4. The number of nitrogens with one attached hydrogen (secondary N) is 2. The van der Waals surface area contributed by atoms with Crippen LogP contribution in [0.3, 0.4) is 0 Å². The Morgan fingerprint density at radius 3 is 3.13 bits per heavy atom. The van der Waals surface area contributed by atoms with E-state index in [1.165, 1.54) is 0 Å². The van der Waals surface area contributed by atoms with Crippen LogP contribution in [0.1, 0.15) is 5.69 Å². The lowest BCUT2D eigenvalue weighted by Gasteiger charge is -1.96. The zero-order valence-electron chi connectivity index (χ0n) is 8.38. The summed E-state index contributed by atoms with van der Waals surface area (Å²) in [6.07, 6.45) is 0.869. The molecule has 0 aliphatic carbocycles. The van der Waals surface area contributed by atoms with E-state index in [9.17, 15) is 0 Å². The lowest BCUT2D eigenvalue weighted by molar-refractivity contribution is 0.780.